The molecule has 0 atom stereocenters. The molecule has 10 heteroatoms. The number of amides is 1. The van der Waals surface area contributed by atoms with Gasteiger partial charge in [-0.25, -0.2) is 9.78 Å². The number of carbonyl (C=O) groups excluding carboxylic acids is 3. The minimum Gasteiger partial charge on any atom is -0.462 e. The largest absolute Gasteiger partial charge is 0.462 e. The highest BCUT2D eigenvalue weighted by Crippen LogP contribution is 2.27. The summed E-state index contributed by atoms with van der Waals surface area (Å²) in [6.07, 6.45) is 1.31. The van der Waals surface area contributed by atoms with Gasteiger partial charge < -0.3 is 4.74 Å². The van der Waals surface area contributed by atoms with Gasteiger partial charge in [0.25, 0.3) is 11.5 Å². The van der Waals surface area contributed by atoms with Gasteiger partial charge >= 0.3 is 5.97 Å². The molecule has 0 bridgehead atoms. The summed E-state index contributed by atoms with van der Waals surface area (Å²) in [4.78, 5) is 56.1. The van der Waals surface area contributed by atoms with Gasteiger partial charge in [0, 0.05) is 22.5 Å². The Bertz CT molecular complexity index is 1510. The van der Waals surface area contributed by atoms with Crippen LogP contribution in [0.3, 0.4) is 0 Å². The second-order valence-electron chi connectivity index (χ2n) is 7.98. The summed E-state index contributed by atoms with van der Waals surface area (Å²) >= 11 is 1.09. The normalized spacial score (nSPS) is 11.0. The number of rotatable bonds is 7. The molecule has 0 saturated heterocycles. The first-order valence-corrected chi connectivity index (χ1v) is 11.8. The number of carbonyl (C=O) groups is 3. The fourth-order valence-electron chi connectivity index (χ4n) is 3.88. The van der Waals surface area contributed by atoms with Crippen LogP contribution in [0.15, 0.2) is 47.5 Å². The van der Waals surface area contributed by atoms with E-state index in [4.69, 9.17) is 4.74 Å². The minimum absolute atomic E-state index is 0.225. The smallest absolute Gasteiger partial charge is 0.348 e. The monoisotopic (exact) mass is 492 g/mol. The molecule has 4 aromatic rings. The zero-order valence-electron chi connectivity index (χ0n) is 19.7. The van der Waals surface area contributed by atoms with Crippen LogP contribution in [0.5, 0.6) is 0 Å². The summed E-state index contributed by atoms with van der Waals surface area (Å²) in [7, 11) is 0. The molecule has 1 N–H and O–H groups in total. The zero-order valence-corrected chi connectivity index (χ0v) is 20.6. The molecule has 3 aromatic heterocycles. The summed E-state index contributed by atoms with van der Waals surface area (Å²) in [5.74, 6) is -1.11. The van der Waals surface area contributed by atoms with Crippen molar-refractivity contribution in [1.82, 2.24) is 14.2 Å². The highest BCUT2D eigenvalue weighted by Gasteiger charge is 2.22. The van der Waals surface area contributed by atoms with E-state index in [-0.39, 0.29) is 24.8 Å². The van der Waals surface area contributed by atoms with Crippen molar-refractivity contribution in [1.29, 1.82) is 0 Å². The van der Waals surface area contributed by atoms with Crippen LogP contribution in [0.4, 0.5) is 0 Å². The van der Waals surface area contributed by atoms with Crippen molar-refractivity contribution in [2.45, 2.75) is 34.2 Å². The number of ketones is 1. The lowest BCUT2D eigenvalue weighted by Gasteiger charge is -2.12. The molecule has 1 amide bonds. The molecule has 0 aliphatic carbocycles. The van der Waals surface area contributed by atoms with Crippen LogP contribution < -0.4 is 11.0 Å². The summed E-state index contributed by atoms with van der Waals surface area (Å²) < 4.78 is 7.85. The maximum absolute atomic E-state index is 13.1. The van der Waals surface area contributed by atoms with Crippen LogP contribution >= 0.6 is 11.3 Å². The first-order valence-electron chi connectivity index (χ1n) is 11.0. The topological polar surface area (TPSA) is 112 Å². The maximum Gasteiger partial charge on any atom is 0.348 e. The van der Waals surface area contributed by atoms with E-state index in [9.17, 15) is 19.2 Å². The van der Waals surface area contributed by atoms with Crippen molar-refractivity contribution in [3.63, 3.8) is 0 Å². The fourth-order valence-corrected chi connectivity index (χ4v) is 4.91. The quantitative estimate of drug-likeness (QED) is 0.311. The van der Waals surface area contributed by atoms with Crippen molar-refractivity contribution in [2.75, 3.05) is 12.0 Å². The van der Waals surface area contributed by atoms with Gasteiger partial charge in [0.1, 0.15) is 9.71 Å². The number of aromatic nitrogens is 3. The Labute approximate surface area is 205 Å². The van der Waals surface area contributed by atoms with Gasteiger partial charge in [0.2, 0.25) is 0 Å². The van der Waals surface area contributed by atoms with E-state index in [0.29, 0.717) is 43.2 Å². The van der Waals surface area contributed by atoms with Crippen molar-refractivity contribution in [3.05, 3.63) is 86.0 Å². The van der Waals surface area contributed by atoms with E-state index in [1.54, 1.807) is 62.7 Å². The molecule has 0 aliphatic heterocycles. The van der Waals surface area contributed by atoms with Gasteiger partial charge in [0.15, 0.2) is 5.78 Å². The molecule has 0 aliphatic rings. The van der Waals surface area contributed by atoms with Crippen molar-refractivity contribution in [2.24, 2.45) is 0 Å². The van der Waals surface area contributed by atoms with Gasteiger partial charge in [-0.15, -0.1) is 11.3 Å². The predicted molar refractivity (Wildman–Crippen MR) is 133 cm³/mol. The lowest BCUT2D eigenvalue weighted by atomic mass is 10.1. The number of ether oxygens (including phenoxy) is 1. The number of aryl methyl sites for hydroxylation is 2. The Balaban J connectivity index is 1.61. The molecule has 0 spiro atoms. The van der Waals surface area contributed by atoms with Crippen molar-refractivity contribution in [3.8, 4) is 0 Å². The van der Waals surface area contributed by atoms with E-state index < -0.39 is 11.5 Å². The van der Waals surface area contributed by atoms with Gasteiger partial charge in [-0.3, -0.25) is 29.1 Å². The highest BCUT2D eigenvalue weighted by molar-refractivity contribution is 7.20. The number of benzene rings is 1. The highest BCUT2D eigenvalue weighted by atomic mass is 32.1. The van der Waals surface area contributed by atoms with Gasteiger partial charge in [-0.05, 0) is 51.5 Å². The van der Waals surface area contributed by atoms with E-state index in [1.165, 1.54) is 10.9 Å². The Morgan fingerprint density at radius 2 is 1.83 bits per heavy atom. The van der Waals surface area contributed by atoms with Crippen LogP contribution in [0, 0.1) is 20.8 Å². The van der Waals surface area contributed by atoms with Crippen LogP contribution in [0.1, 0.15) is 54.3 Å². The van der Waals surface area contributed by atoms with E-state index in [0.717, 1.165) is 11.3 Å². The van der Waals surface area contributed by atoms with Crippen molar-refractivity contribution < 1.29 is 19.1 Å². The number of fused-ring (bicyclic) bond motifs is 1. The molecule has 4 rings (SSSR count). The van der Waals surface area contributed by atoms with E-state index in [1.807, 2.05) is 6.07 Å². The molecule has 0 unspecified atom stereocenters. The summed E-state index contributed by atoms with van der Waals surface area (Å²) in [5.41, 5.74) is 4.99. The predicted octanol–water partition coefficient (Wildman–Crippen LogP) is 3.63. The Morgan fingerprint density at radius 3 is 2.51 bits per heavy atom. The maximum atomic E-state index is 13.1. The van der Waals surface area contributed by atoms with E-state index >= 15 is 0 Å². The molecular formula is C25H24N4O5S. The van der Waals surface area contributed by atoms with E-state index in [2.05, 4.69) is 10.4 Å². The molecule has 0 saturated carbocycles. The molecule has 9 nitrogen and oxygen atoms in total. The third-order valence-electron chi connectivity index (χ3n) is 5.67. The van der Waals surface area contributed by atoms with Gasteiger partial charge in [-0.1, -0.05) is 18.2 Å². The number of thiophene rings is 1. The Morgan fingerprint density at radius 1 is 1.11 bits per heavy atom. The molecule has 0 radical (unpaired) electrons. The summed E-state index contributed by atoms with van der Waals surface area (Å²) in [6, 6.07) is 10.4. The number of nitrogens with zero attached hydrogens (tertiary/aromatic N) is 3. The summed E-state index contributed by atoms with van der Waals surface area (Å²) in [6.45, 7) is 6.88. The average Bonchev–Trinajstić information content (AvgIpc) is 3.33. The third kappa shape index (κ3) is 4.52. The fraction of sp³-hybridized carbons (Fsp3) is 0.240. The molecule has 1 aromatic carbocycles. The number of hydrogen-bond acceptors (Lipinski definition) is 7. The Kier molecular flexibility index (Phi) is 6.65. The molecule has 3 heterocycles. The first kappa shape index (κ1) is 24.1. The number of esters is 1. The average molecular weight is 493 g/mol. The SMILES string of the molecule is CCOC(=O)c1sc2ncn(CC(=O)c3cc(C)n(NC(=O)c4ccccc4)c3C)c(=O)c2c1C. The Hall–Kier alpha value is -4.05. The minimum atomic E-state index is -0.500. The first-order chi connectivity index (χ1) is 16.7. The number of hydrogen-bond donors (Lipinski definition) is 1. The molecule has 35 heavy (non-hydrogen) atoms. The van der Waals surface area contributed by atoms with Crippen LogP contribution in [0.25, 0.3) is 10.2 Å². The number of Topliss-reactive ketones (excluding diaryl/α,β-unsaturated/α-hetero) is 1. The van der Waals surface area contributed by atoms with Crippen LogP contribution in [0.2, 0.25) is 0 Å². The van der Waals surface area contributed by atoms with Crippen LogP contribution in [-0.4, -0.2) is 38.5 Å². The second kappa shape index (κ2) is 9.67. The molecule has 180 valence electrons. The molecular weight excluding hydrogens is 468 g/mol. The second-order valence-corrected chi connectivity index (χ2v) is 8.98. The lowest BCUT2D eigenvalue weighted by Crippen LogP contribution is -2.26. The summed E-state index contributed by atoms with van der Waals surface area (Å²) in [5, 5.41) is 0.300. The molecule has 0 fully saturated rings. The zero-order chi connectivity index (χ0) is 25.3. The number of nitrogens with one attached hydrogen (secondary N) is 1. The van der Waals surface area contributed by atoms with Gasteiger partial charge in [-0.2, -0.15) is 0 Å². The third-order valence-corrected chi connectivity index (χ3v) is 6.85. The lowest BCUT2D eigenvalue weighted by molar-refractivity contribution is 0.0531. The standard InChI is InChI=1S/C25H24N4O5S/c1-5-34-25(33)21-15(3)20-23(35-21)26-13-28(24(20)32)12-19(30)18-11-14(2)29(16(18)4)27-22(31)17-9-7-6-8-10-17/h6-11,13H,5,12H2,1-4H3,(H,27,31). The van der Waals surface area contributed by atoms with Crippen molar-refractivity contribution >= 4 is 39.2 Å². The van der Waals surface area contributed by atoms with Crippen LogP contribution in [-0.2, 0) is 11.3 Å². The van der Waals surface area contributed by atoms with Gasteiger partial charge in [0.05, 0.1) is 24.9 Å².